The van der Waals surface area contributed by atoms with Crippen LogP contribution in [0, 0.1) is 5.92 Å². The van der Waals surface area contributed by atoms with Crippen molar-refractivity contribution in [2.45, 2.75) is 25.9 Å². The highest BCUT2D eigenvalue weighted by Gasteiger charge is 2.24. The van der Waals surface area contributed by atoms with Gasteiger partial charge in [0, 0.05) is 25.2 Å². The molecule has 1 aliphatic rings. The van der Waals surface area contributed by atoms with Crippen LogP contribution in [0.1, 0.15) is 19.8 Å². The summed E-state index contributed by atoms with van der Waals surface area (Å²) >= 11 is 0. The van der Waals surface area contributed by atoms with Gasteiger partial charge in [-0.2, -0.15) is 0 Å². The first-order chi connectivity index (χ1) is 7.68. The van der Waals surface area contributed by atoms with Gasteiger partial charge in [-0.05, 0) is 31.9 Å². The van der Waals surface area contributed by atoms with Gasteiger partial charge in [-0.25, -0.2) is 4.98 Å². The van der Waals surface area contributed by atoms with Crippen LogP contribution in [0.2, 0.25) is 0 Å². The van der Waals surface area contributed by atoms with E-state index in [-0.39, 0.29) is 6.10 Å². The van der Waals surface area contributed by atoms with E-state index in [1.54, 1.807) is 6.20 Å². The molecule has 4 nitrogen and oxygen atoms in total. The molecule has 0 aliphatic carbocycles. The van der Waals surface area contributed by atoms with Crippen LogP contribution in [-0.2, 0) is 0 Å². The normalized spacial score (nSPS) is 23.1. The molecule has 0 aromatic carbocycles. The van der Waals surface area contributed by atoms with Gasteiger partial charge in [-0.3, -0.25) is 0 Å². The average Bonchev–Trinajstić information content (AvgIpc) is 2.30. The molecule has 0 amide bonds. The Labute approximate surface area is 96.1 Å². The monoisotopic (exact) mass is 221 g/mol. The number of pyridine rings is 1. The van der Waals surface area contributed by atoms with Gasteiger partial charge in [0.25, 0.3) is 0 Å². The zero-order valence-electron chi connectivity index (χ0n) is 9.63. The number of nitrogens with zero attached hydrogens (tertiary/aromatic N) is 2. The summed E-state index contributed by atoms with van der Waals surface area (Å²) < 4.78 is 0. The maximum absolute atomic E-state index is 9.63. The third-order valence-electron chi connectivity index (χ3n) is 3.26. The van der Waals surface area contributed by atoms with E-state index >= 15 is 0 Å². The van der Waals surface area contributed by atoms with Crippen LogP contribution >= 0.6 is 0 Å². The minimum absolute atomic E-state index is 0.257. The van der Waals surface area contributed by atoms with E-state index in [1.807, 2.05) is 19.1 Å². The highest BCUT2D eigenvalue weighted by Crippen LogP contribution is 2.26. The molecule has 1 aliphatic heterocycles. The van der Waals surface area contributed by atoms with E-state index in [0.717, 1.165) is 31.7 Å². The minimum atomic E-state index is -0.257. The lowest BCUT2D eigenvalue weighted by Crippen LogP contribution is -2.40. The van der Waals surface area contributed by atoms with E-state index in [0.29, 0.717) is 11.6 Å². The van der Waals surface area contributed by atoms with E-state index in [1.165, 1.54) is 0 Å². The maximum Gasteiger partial charge on any atom is 0.151 e. The fourth-order valence-corrected chi connectivity index (χ4v) is 2.27. The van der Waals surface area contributed by atoms with Crippen molar-refractivity contribution in [3.63, 3.8) is 0 Å². The molecule has 3 N–H and O–H groups in total. The maximum atomic E-state index is 9.63. The SMILES string of the molecule is C[C@@H](O)[C@H]1CCCN(c2ncccc2N)C1. The standard InChI is InChI=1S/C12H19N3O/c1-9(16)10-4-3-7-15(8-10)12-11(13)5-2-6-14-12/h2,5-6,9-10,16H,3-4,7-8,13H2,1H3/t9-,10+/m1/s1. The van der Waals surface area contributed by atoms with Gasteiger partial charge in [-0.15, -0.1) is 0 Å². The van der Waals surface area contributed by atoms with Crippen molar-refractivity contribution in [2.24, 2.45) is 5.92 Å². The first-order valence-electron chi connectivity index (χ1n) is 5.82. The van der Waals surface area contributed by atoms with Crippen molar-refractivity contribution >= 4 is 11.5 Å². The number of nitrogen functional groups attached to an aromatic ring is 1. The van der Waals surface area contributed by atoms with Gasteiger partial charge in [0.2, 0.25) is 0 Å². The molecule has 0 radical (unpaired) electrons. The largest absolute Gasteiger partial charge is 0.396 e. The Bertz CT molecular complexity index is 354. The summed E-state index contributed by atoms with van der Waals surface area (Å²) in [6.07, 6.45) is 3.68. The van der Waals surface area contributed by atoms with Crippen LogP contribution in [0.3, 0.4) is 0 Å². The Hall–Kier alpha value is -1.29. The van der Waals surface area contributed by atoms with Gasteiger partial charge in [0.05, 0.1) is 11.8 Å². The second kappa shape index (κ2) is 4.70. The summed E-state index contributed by atoms with van der Waals surface area (Å²) in [6, 6.07) is 3.71. The van der Waals surface area contributed by atoms with Crippen molar-refractivity contribution in [3.8, 4) is 0 Å². The molecule has 16 heavy (non-hydrogen) atoms. The van der Waals surface area contributed by atoms with Crippen molar-refractivity contribution in [1.82, 2.24) is 4.98 Å². The fraction of sp³-hybridized carbons (Fsp3) is 0.583. The number of anilines is 2. The molecule has 0 spiro atoms. The van der Waals surface area contributed by atoms with Gasteiger partial charge in [0.1, 0.15) is 0 Å². The number of aliphatic hydroxyl groups excluding tert-OH is 1. The van der Waals surface area contributed by atoms with Gasteiger partial charge < -0.3 is 15.7 Å². The van der Waals surface area contributed by atoms with Gasteiger partial charge >= 0.3 is 0 Å². The Kier molecular flexibility index (Phi) is 3.29. The van der Waals surface area contributed by atoms with Crippen molar-refractivity contribution in [1.29, 1.82) is 0 Å². The van der Waals surface area contributed by atoms with Crippen molar-refractivity contribution < 1.29 is 5.11 Å². The predicted molar refractivity (Wildman–Crippen MR) is 65.3 cm³/mol. The Balaban J connectivity index is 2.13. The van der Waals surface area contributed by atoms with Crippen molar-refractivity contribution in [2.75, 3.05) is 23.7 Å². The minimum Gasteiger partial charge on any atom is -0.396 e. The van der Waals surface area contributed by atoms with Crippen LogP contribution < -0.4 is 10.6 Å². The summed E-state index contributed by atoms with van der Waals surface area (Å²) in [5, 5.41) is 9.63. The lowest BCUT2D eigenvalue weighted by molar-refractivity contribution is 0.115. The number of aliphatic hydroxyl groups is 1. The van der Waals surface area contributed by atoms with E-state index < -0.39 is 0 Å². The number of rotatable bonds is 2. The molecule has 1 saturated heterocycles. The quantitative estimate of drug-likeness (QED) is 0.789. The average molecular weight is 221 g/mol. The van der Waals surface area contributed by atoms with E-state index in [9.17, 15) is 5.11 Å². The molecule has 4 heteroatoms. The number of hydrogen-bond donors (Lipinski definition) is 2. The lowest BCUT2D eigenvalue weighted by Gasteiger charge is -2.35. The number of nitrogens with two attached hydrogens (primary N) is 1. The summed E-state index contributed by atoms with van der Waals surface area (Å²) in [4.78, 5) is 6.49. The predicted octanol–water partition coefficient (Wildman–Crippen LogP) is 1.26. The smallest absolute Gasteiger partial charge is 0.151 e. The van der Waals surface area contributed by atoms with Gasteiger partial charge in [0.15, 0.2) is 5.82 Å². The molecular formula is C12H19N3O. The first-order valence-corrected chi connectivity index (χ1v) is 5.82. The number of aromatic nitrogens is 1. The van der Waals surface area contributed by atoms with E-state index in [2.05, 4.69) is 9.88 Å². The lowest BCUT2D eigenvalue weighted by atomic mass is 9.93. The molecular weight excluding hydrogens is 202 g/mol. The summed E-state index contributed by atoms with van der Waals surface area (Å²) in [7, 11) is 0. The molecule has 0 saturated carbocycles. The third-order valence-corrected chi connectivity index (χ3v) is 3.26. The Morgan fingerprint density at radius 3 is 3.12 bits per heavy atom. The van der Waals surface area contributed by atoms with Crippen LogP contribution in [0.4, 0.5) is 11.5 Å². The molecule has 1 aromatic rings. The molecule has 0 bridgehead atoms. The molecule has 1 aromatic heterocycles. The van der Waals surface area contributed by atoms with Crippen molar-refractivity contribution in [3.05, 3.63) is 18.3 Å². The van der Waals surface area contributed by atoms with E-state index in [4.69, 9.17) is 5.73 Å². The topological polar surface area (TPSA) is 62.4 Å². The second-order valence-corrected chi connectivity index (χ2v) is 4.51. The fourth-order valence-electron chi connectivity index (χ4n) is 2.27. The third kappa shape index (κ3) is 2.27. The highest BCUT2D eigenvalue weighted by molar-refractivity contribution is 5.62. The summed E-state index contributed by atoms with van der Waals surface area (Å²) in [5.41, 5.74) is 6.62. The van der Waals surface area contributed by atoms with Gasteiger partial charge in [-0.1, -0.05) is 0 Å². The summed E-state index contributed by atoms with van der Waals surface area (Å²) in [6.45, 7) is 3.68. The zero-order chi connectivity index (χ0) is 11.5. The highest BCUT2D eigenvalue weighted by atomic mass is 16.3. The molecule has 0 unspecified atom stereocenters. The first kappa shape index (κ1) is 11.2. The molecule has 2 atom stereocenters. The van der Waals surface area contributed by atoms with Crippen LogP contribution in [0.25, 0.3) is 0 Å². The molecule has 2 rings (SSSR count). The molecule has 1 fully saturated rings. The number of hydrogen-bond acceptors (Lipinski definition) is 4. The molecule has 2 heterocycles. The molecule has 88 valence electrons. The Morgan fingerprint density at radius 2 is 2.44 bits per heavy atom. The summed E-state index contributed by atoms with van der Waals surface area (Å²) in [5.74, 6) is 1.18. The van der Waals surface area contributed by atoms with Crippen LogP contribution in [0.15, 0.2) is 18.3 Å². The van der Waals surface area contributed by atoms with Crippen LogP contribution in [-0.4, -0.2) is 29.3 Å². The number of piperidine rings is 1. The zero-order valence-corrected chi connectivity index (χ0v) is 9.63. The Morgan fingerprint density at radius 1 is 1.62 bits per heavy atom. The van der Waals surface area contributed by atoms with Crippen LogP contribution in [0.5, 0.6) is 0 Å². The second-order valence-electron chi connectivity index (χ2n) is 4.51.